The smallest absolute Gasteiger partial charge is 0.327 e. The summed E-state index contributed by atoms with van der Waals surface area (Å²) in [6.45, 7) is 1.54. The van der Waals surface area contributed by atoms with Crippen molar-refractivity contribution in [1.82, 2.24) is 4.90 Å². The number of hydrogen-bond acceptors (Lipinski definition) is 4. The van der Waals surface area contributed by atoms with Gasteiger partial charge < -0.3 is 10.2 Å². The molecule has 1 heterocycles. The van der Waals surface area contributed by atoms with Gasteiger partial charge in [-0.15, -0.1) is 0 Å². The molecule has 0 aromatic heterocycles. The van der Waals surface area contributed by atoms with Crippen molar-refractivity contribution >= 4 is 11.4 Å². The van der Waals surface area contributed by atoms with Crippen LogP contribution in [0, 0.1) is 21.7 Å². The van der Waals surface area contributed by atoms with Crippen LogP contribution in [0.3, 0.4) is 0 Å². The Kier molecular flexibility index (Phi) is 3.42. The van der Waals surface area contributed by atoms with E-state index in [9.17, 15) is 18.9 Å². The third kappa shape index (κ3) is 2.56. The van der Waals surface area contributed by atoms with Crippen molar-refractivity contribution in [3.8, 4) is 0 Å². The monoisotopic (exact) mass is 257 g/mol. The highest BCUT2D eigenvalue weighted by molar-refractivity contribution is 5.62. The van der Waals surface area contributed by atoms with Gasteiger partial charge in [0.1, 0.15) is 11.5 Å². The number of likely N-dealkylation sites (tertiary alicyclic amines) is 1. The summed E-state index contributed by atoms with van der Waals surface area (Å²) in [5.41, 5.74) is -0.802. The molecule has 1 atom stereocenters. The van der Waals surface area contributed by atoms with E-state index in [2.05, 4.69) is 5.32 Å². The first-order valence-electron chi connectivity index (χ1n) is 5.56. The number of anilines is 1. The molecule has 0 aliphatic carbocycles. The van der Waals surface area contributed by atoms with Crippen LogP contribution >= 0.6 is 0 Å². The van der Waals surface area contributed by atoms with Gasteiger partial charge in [-0.2, -0.15) is 4.39 Å². The van der Waals surface area contributed by atoms with E-state index in [0.717, 1.165) is 19.0 Å². The molecular weight excluding hydrogens is 244 g/mol. The van der Waals surface area contributed by atoms with E-state index in [4.69, 9.17) is 0 Å². The van der Waals surface area contributed by atoms with Crippen molar-refractivity contribution in [1.29, 1.82) is 0 Å². The van der Waals surface area contributed by atoms with Gasteiger partial charge in [0.2, 0.25) is 5.82 Å². The molecule has 1 saturated heterocycles. The molecule has 7 heteroatoms. The maximum absolute atomic E-state index is 13.4. The van der Waals surface area contributed by atoms with Gasteiger partial charge in [-0.1, -0.05) is 0 Å². The van der Waals surface area contributed by atoms with Crippen LogP contribution in [-0.4, -0.2) is 36.0 Å². The summed E-state index contributed by atoms with van der Waals surface area (Å²) in [7, 11) is 1.92. The Hall–Kier alpha value is -1.76. The van der Waals surface area contributed by atoms with Crippen LogP contribution in [0.1, 0.15) is 6.42 Å². The van der Waals surface area contributed by atoms with Crippen LogP contribution in [0.4, 0.5) is 20.2 Å². The van der Waals surface area contributed by atoms with Gasteiger partial charge in [0.25, 0.3) is 0 Å². The van der Waals surface area contributed by atoms with Crippen LogP contribution in [0.25, 0.3) is 0 Å². The first-order chi connectivity index (χ1) is 8.47. The fraction of sp³-hybridized carbons (Fsp3) is 0.455. The van der Waals surface area contributed by atoms with Gasteiger partial charge in [-0.3, -0.25) is 10.1 Å². The number of nitro benzene ring substituents is 1. The third-order valence-electron chi connectivity index (χ3n) is 2.96. The fourth-order valence-electron chi connectivity index (χ4n) is 2.13. The van der Waals surface area contributed by atoms with Crippen molar-refractivity contribution in [3.63, 3.8) is 0 Å². The summed E-state index contributed by atoms with van der Waals surface area (Å²) in [4.78, 5) is 12.0. The molecule has 5 nitrogen and oxygen atoms in total. The third-order valence-corrected chi connectivity index (χ3v) is 2.96. The van der Waals surface area contributed by atoms with Gasteiger partial charge >= 0.3 is 5.69 Å². The van der Waals surface area contributed by atoms with Crippen molar-refractivity contribution < 1.29 is 13.7 Å². The molecule has 1 unspecified atom stereocenters. The highest BCUT2D eigenvalue weighted by Crippen LogP contribution is 2.30. The number of halogens is 2. The molecule has 0 saturated carbocycles. The Morgan fingerprint density at radius 1 is 1.50 bits per heavy atom. The van der Waals surface area contributed by atoms with E-state index < -0.39 is 22.2 Å². The summed E-state index contributed by atoms with van der Waals surface area (Å²) < 4.78 is 26.5. The van der Waals surface area contributed by atoms with E-state index in [0.29, 0.717) is 12.6 Å². The van der Waals surface area contributed by atoms with Crippen LogP contribution in [0.15, 0.2) is 12.1 Å². The average Bonchev–Trinajstić information content (AvgIpc) is 2.62. The zero-order chi connectivity index (χ0) is 13.3. The lowest BCUT2D eigenvalue weighted by Gasteiger charge is -2.14. The SMILES string of the molecule is CN1CCC(Nc2cc(F)cc(F)c2[N+](=O)[O-])C1. The Labute approximate surface area is 103 Å². The second-order valence-corrected chi connectivity index (χ2v) is 4.43. The molecule has 1 N–H and O–H groups in total. The molecular formula is C11H13F2N3O2. The van der Waals surface area contributed by atoms with Gasteiger partial charge in [0.05, 0.1) is 4.92 Å². The lowest BCUT2D eigenvalue weighted by Crippen LogP contribution is -2.24. The van der Waals surface area contributed by atoms with E-state index in [1.54, 1.807) is 0 Å². The molecule has 18 heavy (non-hydrogen) atoms. The number of nitrogens with zero attached hydrogens (tertiary/aromatic N) is 2. The molecule has 1 aliphatic rings. The molecule has 2 rings (SSSR count). The number of likely N-dealkylation sites (N-methyl/N-ethyl adjacent to an activating group) is 1. The Balaban J connectivity index is 2.28. The lowest BCUT2D eigenvalue weighted by atomic mass is 10.2. The molecule has 1 aliphatic heterocycles. The zero-order valence-electron chi connectivity index (χ0n) is 9.82. The normalized spacial score (nSPS) is 20.1. The van der Waals surface area contributed by atoms with Crippen LogP contribution in [0.2, 0.25) is 0 Å². The van der Waals surface area contributed by atoms with Gasteiger partial charge in [-0.25, -0.2) is 4.39 Å². The molecule has 0 spiro atoms. The minimum atomic E-state index is -1.16. The quantitative estimate of drug-likeness (QED) is 0.664. The summed E-state index contributed by atoms with van der Waals surface area (Å²) in [6.07, 6.45) is 0.784. The Bertz CT molecular complexity index is 482. The molecule has 1 aromatic carbocycles. The standard InChI is InChI=1S/C11H13F2N3O2/c1-15-3-2-8(6-15)14-10-5-7(12)4-9(13)11(10)16(17)18/h4-5,8,14H,2-3,6H2,1H3. The molecule has 1 aromatic rings. The van der Waals surface area contributed by atoms with E-state index >= 15 is 0 Å². The van der Waals surface area contributed by atoms with Crippen LogP contribution < -0.4 is 5.32 Å². The van der Waals surface area contributed by atoms with E-state index in [1.807, 2.05) is 11.9 Å². The Morgan fingerprint density at radius 3 is 2.78 bits per heavy atom. The van der Waals surface area contributed by atoms with Gasteiger partial charge in [-0.05, 0) is 20.0 Å². The van der Waals surface area contributed by atoms with Crippen molar-refractivity contribution in [3.05, 3.63) is 33.9 Å². The number of benzene rings is 1. The number of hydrogen-bond donors (Lipinski definition) is 1. The highest BCUT2D eigenvalue weighted by Gasteiger charge is 2.26. The summed E-state index contributed by atoms with van der Waals surface area (Å²) in [5, 5.41) is 13.6. The fourth-order valence-corrected chi connectivity index (χ4v) is 2.13. The zero-order valence-corrected chi connectivity index (χ0v) is 9.82. The minimum Gasteiger partial charge on any atom is -0.375 e. The maximum Gasteiger partial charge on any atom is 0.327 e. The first kappa shape index (κ1) is 12.7. The predicted molar refractivity (Wildman–Crippen MR) is 62.5 cm³/mol. The second-order valence-electron chi connectivity index (χ2n) is 4.43. The maximum atomic E-state index is 13.4. The molecule has 0 radical (unpaired) electrons. The van der Waals surface area contributed by atoms with Gasteiger partial charge in [0, 0.05) is 24.7 Å². The van der Waals surface area contributed by atoms with E-state index in [1.165, 1.54) is 0 Å². The number of nitro groups is 1. The van der Waals surface area contributed by atoms with Crippen molar-refractivity contribution in [2.75, 3.05) is 25.5 Å². The van der Waals surface area contributed by atoms with E-state index in [-0.39, 0.29) is 11.7 Å². The summed E-state index contributed by atoms with van der Waals surface area (Å²) in [5.74, 6) is -1.99. The summed E-state index contributed by atoms with van der Waals surface area (Å²) in [6, 6.07) is 1.44. The van der Waals surface area contributed by atoms with Crippen molar-refractivity contribution in [2.24, 2.45) is 0 Å². The summed E-state index contributed by atoms with van der Waals surface area (Å²) >= 11 is 0. The van der Waals surface area contributed by atoms with Crippen molar-refractivity contribution in [2.45, 2.75) is 12.5 Å². The van der Waals surface area contributed by atoms with Crippen LogP contribution in [-0.2, 0) is 0 Å². The second kappa shape index (κ2) is 4.85. The van der Waals surface area contributed by atoms with Gasteiger partial charge in [0.15, 0.2) is 0 Å². The minimum absolute atomic E-state index is 0.0325. The Morgan fingerprint density at radius 2 is 2.22 bits per heavy atom. The molecule has 1 fully saturated rings. The molecule has 98 valence electrons. The number of nitrogens with one attached hydrogen (secondary N) is 1. The molecule has 0 amide bonds. The lowest BCUT2D eigenvalue weighted by molar-refractivity contribution is -0.386. The van der Waals surface area contributed by atoms with Crippen LogP contribution in [0.5, 0.6) is 0 Å². The highest BCUT2D eigenvalue weighted by atomic mass is 19.1. The topological polar surface area (TPSA) is 58.4 Å². The predicted octanol–water partition coefficient (Wildman–Crippen LogP) is 1.99. The average molecular weight is 257 g/mol. The molecule has 0 bridgehead atoms. The first-order valence-corrected chi connectivity index (χ1v) is 5.56. The number of rotatable bonds is 3. The largest absolute Gasteiger partial charge is 0.375 e.